The molecule has 0 spiro atoms. The predicted molar refractivity (Wildman–Crippen MR) is 73.0 cm³/mol. The van der Waals surface area contributed by atoms with E-state index in [0.717, 1.165) is 5.69 Å². The molecular formula is C13H10ClFN4. The largest absolute Gasteiger partial charge is 0.369 e. The lowest BCUT2D eigenvalue weighted by Gasteiger charge is -2.06. The van der Waals surface area contributed by atoms with Gasteiger partial charge in [0.25, 0.3) is 0 Å². The van der Waals surface area contributed by atoms with E-state index >= 15 is 0 Å². The minimum Gasteiger partial charge on any atom is -0.369 e. The number of nitrogens with two attached hydrogens (primary N) is 1. The molecule has 6 heteroatoms. The summed E-state index contributed by atoms with van der Waals surface area (Å²) in [6.45, 7) is 1.88. The van der Waals surface area contributed by atoms with Gasteiger partial charge in [-0.1, -0.05) is 11.6 Å². The fourth-order valence-electron chi connectivity index (χ4n) is 1.95. The predicted octanol–water partition coefficient (Wildman–Crippen LogP) is 3.10. The second-order valence-electron chi connectivity index (χ2n) is 4.20. The molecule has 0 aliphatic rings. The number of hydrogen-bond donors (Lipinski definition) is 1. The van der Waals surface area contributed by atoms with E-state index in [0.29, 0.717) is 16.9 Å². The minimum atomic E-state index is -0.474. The molecule has 0 saturated heterocycles. The van der Waals surface area contributed by atoms with Crippen LogP contribution < -0.4 is 5.73 Å². The Kier molecular flexibility index (Phi) is 2.64. The lowest BCUT2D eigenvalue weighted by atomic mass is 10.3. The van der Waals surface area contributed by atoms with Crippen LogP contribution in [0.15, 0.2) is 30.3 Å². The molecule has 0 radical (unpaired) electrons. The van der Waals surface area contributed by atoms with Crippen LogP contribution in [-0.2, 0) is 0 Å². The number of nitrogens with zero attached hydrogens (tertiary/aromatic N) is 3. The average molecular weight is 277 g/mol. The Balaban J connectivity index is 2.31. The van der Waals surface area contributed by atoms with Crippen LogP contribution in [0.2, 0.25) is 5.02 Å². The topological polar surface area (TPSA) is 56.7 Å². The Labute approximate surface area is 113 Å². The van der Waals surface area contributed by atoms with E-state index in [9.17, 15) is 4.39 Å². The van der Waals surface area contributed by atoms with Crippen molar-refractivity contribution in [3.63, 3.8) is 0 Å². The van der Waals surface area contributed by atoms with Gasteiger partial charge in [-0.3, -0.25) is 4.57 Å². The highest BCUT2D eigenvalue weighted by Gasteiger charge is 2.12. The van der Waals surface area contributed by atoms with Crippen molar-refractivity contribution in [1.82, 2.24) is 14.5 Å². The average Bonchev–Trinajstić information content (AvgIpc) is 2.68. The molecule has 4 nitrogen and oxygen atoms in total. The molecule has 3 rings (SSSR count). The molecule has 0 fully saturated rings. The fourth-order valence-corrected chi connectivity index (χ4v) is 2.12. The normalized spacial score (nSPS) is 11.1. The second kappa shape index (κ2) is 4.20. The number of anilines is 1. The van der Waals surface area contributed by atoms with Crippen LogP contribution in [0.4, 0.5) is 10.3 Å². The van der Waals surface area contributed by atoms with Gasteiger partial charge in [0.15, 0.2) is 5.65 Å². The van der Waals surface area contributed by atoms with E-state index in [-0.39, 0.29) is 11.0 Å². The zero-order valence-electron chi connectivity index (χ0n) is 10.1. The molecule has 0 atom stereocenters. The van der Waals surface area contributed by atoms with E-state index in [1.165, 1.54) is 12.1 Å². The number of rotatable bonds is 1. The molecule has 0 amide bonds. The van der Waals surface area contributed by atoms with Crippen molar-refractivity contribution in [3.05, 3.63) is 46.9 Å². The number of fused-ring (bicyclic) bond motifs is 1. The summed E-state index contributed by atoms with van der Waals surface area (Å²) in [5, 5.41) is 0.0337. The Morgan fingerprint density at radius 3 is 2.74 bits per heavy atom. The van der Waals surface area contributed by atoms with Gasteiger partial charge in [-0.15, -0.1) is 0 Å². The summed E-state index contributed by atoms with van der Waals surface area (Å²) in [5.41, 5.74) is 8.69. The molecule has 3 aromatic rings. The van der Waals surface area contributed by atoms with Crippen molar-refractivity contribution in [2.75, 3.05) is 5.73 Å². The Hall–Kier alpha value is -2.14. The van der Waals surface area contributed by atoms with E-state index in [1.54, 1.807) is 10.6 Å². The van der Waals surface area contributed by atoms with Gasteiger partial charge in [-0.2, -0.15) is 0 Å². The van der Waals surface area contributed by atoms with Crippen LogP contribution in [0, 0.1) is 12.7 Å². The number of pyridine rings is 1. The fraction of sp³-hybridized carbons (Fsp3) is 0.0769. The Morgan fingerprint density at radius 1 is 1.21 bits per heavy atom. The van der Waals surface area contributed by atoms with Crippen LogP contribution in [-0.4, -0.2) is 14.5 Å². The molecule has 1 aromatic carbocycles. The number of imidazole rings is 1. The first kappa shape index (κ1) is 11.9. The molecule has 0 unspecified atom stereocenters. The number of aryl methyl sites for hydroxylation is 1. The van der Waals surface area contributed by atoms with Crippen molar-refractivity contribution < 1.29 is 4.39 Å². The molecule has 2 N–H and O–H groups in total. The summed E-state index contributed by atoms with van der Waals surface area (Å²) in [7, 11) is 0. The standard InChI is InChI=1S/C13H10ClFN4/c1-7-2-5-11-12(17-7)19(13(16)18-11)8-3-4-10(15)9(14)6-8/h2-6H,1H3,(H2,16,18). The van der Waals surface area contributed by atoms with Crippen molar-refractivity contribution in [1.29, 1.82) is 0 Å². The SMILES string of the molecule is Cc1ccc2nc(N)n(-c3ccc(F)c(Cl)c3)c2n1. The third-order valence-corrected chi connectivity index (χ3v) is 3.12. The molecule has 0 aliphatic carbocycles. The summed E-state index contributed by atoms with van der Waals surface area (Å²) in [5.74, 6) is -0.187. The van der Waals surface area contributed by atoms with Gasteiger partial charge in [-0.25, -0.2) is 14.4 Å². The number of benzene rings is 1. The van der Waals surface area contributed by atoms with Crippen LogP contribution in [0.5, 0.6) is 0 Å². The maximum atomic E-state index is 13.2. The summed E-state index contributed by atoms with van der Waals surface area (Å²) in [6.07, 6.45) is 0. The van der Waals surface area contributed by atoms with Crippen LogP contribution in [0.3, 0.4) is 0 Å². The van der Waals surface area contributed by atoms with Gasteiger partial charge in [0, 0.05) is 5.69 Å². The Bertz CT molecular complexity index is 782. The molecule has 0 bridgehead atoms. The molecule has 96 valence electrons. The monoisotopic (exact) mass is 276 g/mol. The number of aromatic nitrogens is 3. The number of halogens is 2. The van der Waals surface area contributed by atoms with Crippen molar-refractivity contribution in [2.45, 2.75) is 6.92 Å². The maximum absolute atomic E-state index is 13.2. The number of hydrogen-bond acceptors (Lipinski definition) is 3. The van der Waals surface area contributed by atoms with Gasteiger partial charge in [-0.05, 0) is 37.3 Å². The summed E-state index contributed by atoms with van der Waals surface area (Å²) in [4.78, 5) is 8.63. The van der Waals surface area contributed by atoms with E-state index in [2.05, 4.69) is 9.97 Å². The quantitative estimate of drug-likeness (QED) is 0.743. The van der Waals surface area contributed by atoms with Crippen LogP contribution in [0.25, 0.3) is 16.9 Å². The van der Waals surface area contributed by atoms with E-state index in [4.69, 9.17) is 17.3 Å². The highest BCUT2D eigenvalue weighted by Crippen LogP contribution is 2.25. The molecule has 0 aliphatic heterocycles. The van der Waals surface area contributed by atoms with Gasteiger partial charge >= 0.3 is 0 Å². The molecule has 0 saturated carbocycles. The smallest absolute Gasteiger partial charge is 0.207 e. The molecular weight excluding hydrogens is 267 g/mol. The third-order valence-electron chi connectivity index (χ3n) is 2.83. The van der Waals surface area contributed by atoms with Gasteiger partial charge in [0.1, 0.15) is 11.3 Å². The summed E-state index contributed by atoms with van der Waals surface area (Å²) in [6, 6.07) is 8.08. The maximum Gasteiger partial charge on any atom is 0.207 e. The second-order valence-corrected chi connectivity index (χ2v) is 4.61. The molecule has 19 heavy (non-hydrogen) atoms. The summed E-state index contributed by atoms with van der Waals surface area (Å²) < 4.78 is 14.9. The van der Waals surface area contributed by atoms with Gasteiger partial charge in [0.05, 0.1) is 10.7 Å². The number of nitrogen functional groups attached to an aromatic ring is 1. The minimum absolute atomic E-state index is 0.0337. The van der Waals surface area contributed by atoms with Gasteiger partial charge in [0.2, 0.25) is 5.95 Å². The lowest BCUT2D eigenvalue weighted by molar-refractivity contribution is 0.628. The molecule has 2 heterocycles. The van der Waals surface area contributed by atoms with Crippen LogP contribution >= 0.6 is 11.6 Å². The lowest BCUT2D eigenvalue weighted by Crippen LogP contribution is -2.02. The first-order valence-electron chi connectivity index (χ1n) is 5.63. The zero-order chi connectivity index (χ0) is 13.6. The van der Waals surface area contributed by atoms with Gasteiger partial charge < -0.3 is 5.73 Å². The van der Waals surface area contributed by atoms with E-state index in [1.807, 2.05) is 19.1 Å². The zero-order valence-corrected chi connectivity index (χ0v) is 10.8. The highest BCUT2D eigenvalue weighted by atomic mass is 35.5. The van der Waals surface area contributed by atoms with Crippen molar-refractivity contribution >= 4 is 28.7 Å². The van der Waals surface area contributed by atoms with E-state index < -0.39 is 5.82 Å². The highest BCUT2D eigenvalue weighted by molar-refractivity contribution is 6.30. The van der Waals surface area contributed by atoms with Crippen molar-refractivity contribution in [2.24, 2.45) is 0 Å². The first-order valence-corrected chi connectivity index (χ1v) is 6.01. The summed E-state index contributed by atoms with van der Waals surface area (Å²) >= 11 is 5.80. The third kappa shape index (κ3) is 1.92. The molecule has 2 aromatic heterocycles. The Morgan fingerprint density at radius 2 is 2.00 bits per heavy atom. The van der Waals surface area contributed by atoms with Crippen LogP contribution in [0.1, 0.15) is 5.69 Å². The van der Waals surface area contributed by atoms with Crippen molar-refractivity contribution in [3.8, 4) is 5.69 Å². The first-order chi connectivity index (χ1) is 9.06.